The fraction of sp³-hybridized carbons (Fsp3) is 0.400. The molecule has 1 heterocycles. The number of halogens is 1. The highest BCUT2D eigenvalue weighted by atomic mass is 19.1. The Hall–Kier alpha value is -2.24. The average molecular weight is 291 g/mol. The Balaban J connectivity index is 2.01. The van der Waals surface area contributed by atoms with Crippen LogP contribution in [0, 0.1) is 5.82 Å². The van der Waals surface area contributed by atoms with Crippen molar-refractivity contribution in [2.45, 2.75) is 26.7 Å². The van der Waals surface area contributed by atoms with Crippen LogP contribution in [0.3, 0.4) is 0 Å². The second kappa shape index (κ2) is 6.97. The molecule has 1 aromatic carbocycles. The van der Waals surface area contributed by atoms with Crippen LogP contribution in [0.1, 0.15) is 26.2 Å². The molecule has 0 unspecified atom stereocenters. The van der Waals surface area contributed by atoms with Crippen LogP contribution < -0.4 is 0 Å². The highest BCUT2D eigenvalue weighted by Gasteiger charge is 2.15. The molecule has 5 nitrogen and oxygen atoms in total. The van der Waals surface area contributed by atoms with Gasteiger partial charge in [-0.1, -0.05) is 12.1 Å². The van der Waals surface area contributed by atoms with E-state index in [-0.39, 0.29) is 17.4 Å². The zero-order valence-electron chi connectivity index (χ0n) is 12.2. The van der Waals surface area contributed by atoms with Crippen LogP contribution in [0.4, 0.5) is 4.39 Å². The van der Waals surface area contributed by atoms with E-state index in [1.165, 1.54) is 6.07 Å². The third kappa shape index (κ3) is 3.65. The van der Waals surface area contributed by atoms with Crippen molar-refractivity contribution >= 4 is 5.91 Å². The lowest BCUT2D eigenvalue weighted by Gasteiger charge is -2.17. The van der Waals surface area contributed by atoms with E-state index in [0.29, 0.717) is 31.8 Å². The summed E-state index contributed by atoms with van der Waals surface area (Å²) in [5.74, 6) is 0.115. The Morgan fingerprint density at radius 1 is 1.24 bits per heavy atom. The number of hydrogen-bond acceptors (Lipinski definition) is 4. The largest absolute Gasteiger partial charge is 0.421 e. The molecule has 21 heavy (non-hydrogen) atoms. The number of carbonyl (C=O) groups is 1. The van der Waals surface area contributed by atoms with E-state index >= 15 is 0 Å². The fourth-order valence-electron chi connectivity index (χ4n) is 2.05. The summed E-state index contributed by atoms with van der Waals surface area (Å²) in [6, 6.07) is 6.21. The van der Waals surface area contributed by atoms with Crippen molar-refractivity contribution in [1.82, 2.24) is 15.1 Å². The highest BCUT2D eigenvalue weighted by molar-refractivity contribution is 5.76. The van der Waals surface area contributed by atoms with Crippen molar-refractivity contribution in [2.75, 3.05) is 13.1 Å². The first-order chi connectivity index (χ1) is 10.2. The summed E-state index contributed by atoms with van der Waals surface area (Å²) in [6.07, 6.45) is 0.664. The van der Waals surface area contributed by atoms with Crippen LogP contribution in [0.2, 0.25) is 0 Å². The van der Waals surface area contributed by atoms with Gasteiger partial charge < -0.3 is 9.32 Å². The van der Waals surface area contributed by atoms with Gasteiger partial charge in [0.05, 0.1) is 5.56 Å². The molecule has 0 spiro atoms. The first-order valence-corrected chi connectivity index (χ1v) is 7.00. The van der Waals surface area contributed by atoms with Gasteiger partial charge in [0.25, 0.3) is 5.89 Å². The van der Waals surface area contributed by atoms with Crippen molar-refractivity contribution in [2.24, 2.45) is 0 Å². The summed E-state index contributed by atoms with van der Waals surface area (Å²) in [7, 11) is 0. The maximum atomic E-state index is 13.6. The molecule has 2 rings (SSSR count). The predicted molar refractivity (Wildman–Crippen MR) is 75.9 cm³/mol. The summed E-state index contributed by atoms with van der Waals surface area (Å²) in [4.78, 5) is 13.6. The third-order valence-electron chi connectivity index (χ3n) is 3.24. The topological polar surface area (TPSA) is 59.2 Å². The molecule has 1 amide bonds. The van der Waals surface area contributed by atoms with Gasteiger partial charge in [0, 0.05) is 25.9 Å². The van der Waals surface area contributed by atoms with Gasteiger partial charge in [0.15, 0.2) is 0 Å². The van der Waals surface area contributed by atoms with E-state index in [1.54, 1.807) is 23.1 Å². The van der Waals surface area contributed by atoms with E-state index in [1.807, 2.05) is 13.8 Å². The van der Waals surface area contributed by atoms with E-state index < -0.39 is 5.82 Å². The molecule has 0 atom stereocenters. The molecule has 6 heteroatoms. The van der Waals surface area contributed by atoms with Gasteiger partial charge in [-0.15, -0.1) is 10.2 Å². The molecule has 0 aliphatic carbocycles. The van der Waals surface area contributed by atoms with E-state index in [4.69, 9.17) is 4.42 Å². The van der Waals surface area contributed by atoms with Crippen molar-refractivity contribution < 1.29 is 13.6 Å². The van der Waals surface area contributed by atoms with Crippen molar-refractivity contribution in [3.63, 3.8) is 0 Å². The Bertz CT molecular complexity index is 608. The second-order valence-electron chi connectivity index (χ2n) is 4.55. The van der Waals surface area contributed by atoms with Crippen molar-refractivity contribution in [1.29, 1.82) is 0 Å². The van der Waals surface area contributed by atoms with Gasteiger partial charge in [-0.3, -0.25) is 4.79 Å². The molecule has 0 bridgehead atoms. The van der Waals surface area contributed by atoms with Gasteiger partial charge in [0.1, 0.15) is 5.82 Å². The lowest BCUT2D eigenvalue weighted by atomic mass is 10.2. The zero-order valence-corrected chi connectivity index (χ0v) is 12.2. The molecule has 0 radical (unpaired) electrons. The molecule has 0 saturated heterocycles. The summed E-state index contributed by atoms with van der Waals surface area (Å²) < 4.78 is 19.0. The minimum Gasteiger partial charge on any atom is -0.421 e. The monoisotopic (exact) mass is 291 g/mol. The van der Waals surface area contributed by atoms with Crippen LogP contribution in [-0.4, -0.2) is 34.1 Å². The molecule has 0 aliphatic heterocycles. The normalized spacial score (nSPS) is 10.6. The number of amides is 1. The third-order valence-corrected chi connectivity index (χ3v) is 3.24. The SMILES string of the molecule is CCN(CC)C(=O)CCc1nnc(-c2ccccc2F)o1. The summed E-state index contributed by atoms with van der Waals surface area (Å²) in [5.41, 5.74) is 0.270. The van der Waals surface area contributed by atoms with Gasteiger partial charge in [-0.2, -0.15) is 0 Å². The maximum Gasteiger partial charge on any atom is 0.250 e. The summed E-state index contributed by atoms with van der Waals surface area (Å²) in [5, 5.41) is 7.69. The second-order valence-corrected chi connectivity index (χ2v) is 4.55. The van der Waals surface area contributed by atoms with Crippen LogP contribution in [-0.2, 0) is 11.2 Å². The number of nitrogens with zero attached hydrogens (tertiary/aromatic N) is 3. The molecular formula is C15H18FN3O2. The highest BCUT2D eigenvalue weighted by Crippen LogP contribution is 2.21. The fourth-order valence-corrected chi connectivity index (χ4v) is 2.05. The summed E-state index contributed by atoms with van der Waals surface area (Å²) >= 11 is 0. The molecule has 0 aliphatic rings. The minimum atomic E-state index is -0.410. The van der Waals surface area contributed by atoms with Gasteiger partial charge >= 0.3 is 0 Å². The van der Waals surface area contributed by atoms with Crippen molar-refractivity contribution in [3.05, 3.63) is 36.0 Å². The Labute approximate surface area is 122 Å². The first kappa shape index (κ1) is 15.2. The van der Waals surface area contributed by atoms with E-state index in [0.717, 1.165) is 0 Å². The number of aryl methyl sites for hydroxylation is 1. The number of rotatable bonds is 6. The van der Waals surface area contributed by atoms with Crippen molar-refractivity contribution in [3.8, 4) is 11.5 Å². The number of aromatic nitrogens is 2. The molecule has 0 saturated carbocycles. The maximum absolute atomic E-state index is 13.6. The van der Waals surface area contributed by atoms with Crippen LogP contribution in [0.25, 0.3) is 11.5 Å². The Morgan fingerprint density at radius 2 is 1.95 bits per heavy atom. The summed E-state index contributed by atoms with van der Waals surface area (Å²) in [6.45, 7) is 5.23. The number of carbonyl (C=O) groups excluding carboxylic acids is 1. The van der Waals surface area contributed by atoms with Gasteiger partial charge in [-0.05, 0) is 26.0 Å². The van der Waals surface area contributed by atoms with Gasteiger partial charge in [-0.25, -0.2) is 4.39 Å². The van der Waals surface area contributed by atoms with Gasteiger partial charge in [0.2, 0.25) is 11.8 Å². The van der Waals surface area contributed by atoms with Crippen LogP contribution in [0.5, 0.6) is 0 Å². The Kier molecular flexibility index (Phi) is 5.03. The predicted octanol–water partition coefficient (Wildman–Crippen LogP) is 2.68. The Morgan fingerprint density at radius 3 is 2.62 bits per heavy atom. The molecule has 0 fully saturated rings. The molecular weight excluding hydrogens is 273 g/mol. The number of benzene rings is 1. The molecule has 1 aromatic heterocycles. The minimum absolute atomic E-state index is 0.0469. The lowest BCUT2D eigenvalue weighted by molar-refractivity contribution is -0.130. The average Bonchev–Trinajstić information content (AvgIpc) is 2.95. The number of hydrogen-bond donors (Lipinski definition) is 0. The van der Waals surface area contributed by atoms with E-state index in [9.17, 15) is 9.18 Å². The van der Waals surface area contributed by atoms with E-state index in [2.05, 4.69) is 10.2 Å². The van der Waals surface area contributed by atoms with Crippen LogP contribution >= 0.6 is 0 Å². The molecule has 112 valence electrons. The quantitative estimate of drug-likeness (QED) is 0.821. The first-order valence-electron chi connectivity index (χ1n) is 7.00. The molecule has 2 aromatic rings. The van der Waals surface area contributed by atoms with Crippen LogP contribution in [0.15, 0.2) is 28.7 Å². The zero-order chi connectivity index (χ0) is 15.2. The lowest BCUT2D eigenvalue weighted by Crippen LogP contribution is -2.30. The molecule has 0 N–H and O–H groups in total. The smallest absolute Gasteiger partial charge is 0.250 e. The standard InChI is InChI=1S/C15H18FN3O2/c1-3-19(4-2)14(20)10-9-13-17-18-15(21-13)11-7-5-6-8-12(11)16/h5-8H,3-4,9-10H2,1-2H3.